The number of ketones is 1. The Hall–Kier alpha value is -2.47. The fourth-order valence-electron chi connectivity index (χ4n) is 6.82. The van der Waals surface area contributed by atoms with Gasteiger partial charge in [-0.05, 0) is 90.7 Å². The van der Waals surface area contributed by atoms with Crippen LogP contribution in [-0.4, -0.2) is 5.78 Å². The normalized spacial score (nSPS) is 30.9. The van der Waals surface area contributed by atoms with Crippen LogP contribution in [0.25, 0.3) is 0 Å². The lowest BCUT2D eigenvalue weighted by Crippen LogP contribution is -2.41. The minimum atomic E-state index is -0.0796. The zero-order chi connectivity index (χ0) is 22.4. The molecule has 0 saturated heterocycles. The average Bonchev–Trinajstić information content (AvgIpc) is 3.10. The molecule has 0 spiro atoms. The number of hydrogen-bond acceptors (Lipinski definition) is 5. The van der Waals surface area contributed by atoms with E-state index in [1.54, 1.807) is 0 Å². The van der Waals surface area contributed by atoms with Crippen LogP contribution in [0.5, 0.6) is 0 Å². The van der Waals surface area contributed by atoms with E-state index in [1.807, 2.05) is 36.4 Å². The highest BCUT2D eigenvalue weighted by molar-refractivity contribution is 7.80. The molecule has 2 aromatic rings. The summed E-state index contributed by atoms with van der Waals surface area (Å²) < 4.78 is 0. The standard InChI is InChI=1S/C27H24N2OS2/c28-13-17(14-29)24-22-11-9-20(15-1-5-18(31)6-2-15)25-21(16-3-7-19(32)8-4-16)10-12-23(26(22)25)27(24)30/h1-8,20-23,25-26,31-32H,9-12H2. The molecule has 160 valence electrons. The van der Waals surface area contributed by atoms with Gasteiger partial charge in [-0.2, -0.15) is 10.5 Å². The van der Waals surface area contributed by atoms with E-state index in [9.17, 15) is 15.3 Å². The molecule has 3 aliphatic rings. The largest absolute Gasteiger partial charge is 0.294 e. The van der Waals surface area contributed by atoms with Crippen molar-refractivity contribution < 1.29 is 4.79 Å². The van der Waals surface area contributed by atoms with E-state index in [-0.39, 0.29) is 29.1 Å². The van der Waals surface area contributed by atoms with Crippen LogP contribution >= 0.6 is 25.3 Å². The smallest absolute Gasteiger partial charge is 0.164 e. The Morgan fingerprint density at radius 1 is 0.688 bits per heavy atom. The fourth-order valence-corrected chi connectivity index (χ4v) is 7.12. The Morgan fingerprint density at radius 2 is 1.09 bits per heavy atom. The first kappa shape index (κ1) is 21.4. The maximum absolute atomic E-state index is 13.4. The van der Waals surface area contributed by atoms with Crippen molar-refractivity contribution in [1.29, 1.82) is 10.5 Å². The van der Waals surface area contributed by atoms with Crippen LogP contribution in [0.4, 0.5) is 0 Å². The number of carbonyl (C=O) groups is 1. The molecule has 0 radical (unpaired) electrons. The summed E-state index contributed by atoms with van der Waals surface area (Å²) in [5.74, 6) is 1.14. The topological polar surface area (TPSA) is 64.7 Å². The van der Waals surface area contributed by atoms with Gasteiger partial charge in [-0.3, -0.25) is 4.79 Å². The SMILES string of the molecule is N#CC(C#N)=C1C(=O)C2CCC(c3ccc(S)cc3)C3C(c4ccc(S)cc4)CCC1C23. The maximum Gasteiger partial charge on any atom is 0.164 e. The molecular weight excluding hydrogens is 432 g/mol. The summed E-state index contributed by atoms with van der Waals surface area (Å²) in [5, 5.41) is 19.1. The van der Waals surface area contributed by atoms with E-state index in [2.05, 4.69) is 49.5 Å². The molecule has 0 amide bonds. The predicted molar refractivity (Wildman–Crippen MR) is 129 cm³/mol. The first-order chi connectivity index (χ1) is 15.5. The summed E-state index contributed by atoms with van der Waals surface area (Å²) >= 11 is 8.92. The van der Waals surface area contributed by atoms with Gasteiger partial charge in [0.25, 0.3) is 0 Å². The van der Waals surface area contributed by atoms with Gasteiger partial charge in [-0.1, -0.05) is 24.3 Å². The van der Waals surface area contributed by atoms with Crippen LogP contribution in [0, 0.1) is 46.3 Å². The highest BCUT2D eigenvalue weighted by Crippen LogP contribution is 2.63. The highest BCUT2D eigenvalue weighted by atomic mass is 32.1. The molecule has 3 saturated carbocycles. The van der Waals surface area contributed by atoms with E-state index >= 15 is 0 Å². The van der Waals surface area contributed by atoms with E-state index in [0.29, 0.717) is 23.3 Å². The van der Waals surface area contributed by atoms with Gasteiger partial charge in [0.1, 0.15) is 17.7 Å². The maximum atomic E-state index is 13.4. The quantitative estimate of drug-likeness (QED) is 0.325. The summed E-state index contributed by atoms with van der Waals surface area (Å²) in [6.07, 6.45) is 3.56. The van der Waals surface area contributed by atoms with Crippen molar-refractivity contribution in [2.24, 2.45) is 23.7 Å². The van der Waals surface area contributed by atoms with Gasteiger partial charge in [-0.15, -0.1) is 25.3 Å². The van der Waals surface area contributed by atoms with E-state index < -0.39 is 0 Å². The second kappa shape index (κ2) is 8.47. The summed E-state index contributed by atoms with van der Waals surface area (Å²) in [6.45, 7) is 0. The number of thiol groups is 2. The van der Waals surface area contributed by atoms with Gasteiger partial charge in [0, 0.05) is 21.3 Å². The van der Waals surface area contributed by atoms with Crippen molar-refractivity contribution >= 4 is 31.0 Å². The molecule has 6 atom stereocenters. The number of rotatable bonds is 2. The molecule has 0 aromatic heterocycles. The summed E-state index contributed by atoms with van der Waals surface area (Å²) in [6, 6.07) is 20.9. The molecule has 0 aliphatic heterocycles. The lowest BCUT2D eigenvalue weighted by atomic mass is 9.54. The summed E-state index contributed by atoms with van der Waals surface area (Å²) in [7, 11) is 0. The number of nitrogens with zero attached hydrogens (tertiary/aromatic N) is 2. The Bertz CT molecular complexity index is 1110. The second-order valence-electron chi connectivity index (χ2n) is 9.29. The molecule has 32 heavy (non-hydrogen) atoms. The number of nitriles is 2. The van der Waals surface area contributed by atoms with Crippen molar-refractivity contribution in [3.63, 3.8) is 0 Å². The van der Waals surface area contributed by atoms with Crippen LogP contribution in [0.2, 0.25) is 0 Å². The molecule has 0 bridgehead atoms. The molecular formula is C27H24N2OS2. The van der Waals surface area contributed by atoms with Crippen molar-refractivity contribution in [1.82, 2.24) is 0 Å². The van der Waals surface area contributed by atoms with E-state index in [4.69, 9.17) is 0 Å². The van der Waals surface area contributed by atoms with Gasteiger partial charge in [0.15, 0.2) is 5.78 Å². The number of carbonyl (C=O) groups excluding carboxylic acids is 1. The number of Topliss-reactive ketones (excluding diaryl/α,β-unsaturated/α-hetero) is 1. The minimum absolute atomic E-state index is 0.0131. The zero-order valence-corrected chi connectivity index (χ0v) is 19.4. The summed E-state index contributed by atoms with van der Waals surface area (Å²) in [4.78, 5) is 15.3. The minimum Gasteiger partial charge on any atom is -0.294 e. The summed E-state index contributed by atoms with van der Waals surface area (Å²) in [5.41, 5.74) is 3.15. The first-order valence-corrected chi connectivity index (χ1v) is 12.1. The third-order valence-electron chi connectivity index (χ3n) is 7.99. The Morgan fingerprint density at radius 3 is 1.56 bits per heavy atom. The predicted octanol–water partition coefficient (Wildman–Crippen LogP) is 6.11. The van der Waals surface area contributed by atoms with Crippen LogP contribution < -0.4 is 0 Å². The van der Waals surface area contributed by atoms with Crippen LogP contribution in [0.1, 0.15) is 48.6 Å². The van der Waals surface area contributed by atoms with Crippen molar-refractivity contribution in [3.8, 4) is 12.1 Å². The second-order valence-corrected chi connectivity index (χ2v) is 10.3. The van der Waals surface area contributed by atoms with Crippen molar-refractivity contribution in [2.45, 2.75) is 47.3 Å². The number of benzene rings is 2. The average molecular weight is 457 g/mol. The van der Waals surface area contributed by atoms with Crippen LogP contribution in [0.15, 0.2) is 69.5 Å². The van der Waals surface area contributed by atoms with E-state index in [1.165, 1.54) is 11.1 Å². The van der Waals surface area contributed by atoms with Gasteiger partial charge in [-0.25, -0.2) is 0 Å². The van der Waals surface area contributed by atoms with Crippen molar-refractivity contribution in [3.05, 3.63) is 70.8 Å². The van der Waals surface area contributed by atoms with Crippen molar-refractivity contribution in [2.75, 3.05) is 0 Å². The monoisotopic (exact) mass is 456 g/mol. The molecule has 3 nitrogen and oxygen atoms in total. The first-order valence-electron chi connectivity index (χ1n) is 11.2. The molecule has 5 heteroatoms. The van der Waals surface area contributed by atoms with Gasteiger partial charge < -0.3 is 0 Å². The highest BCUT2D eigenvalue weighted by Gasteiger charge is 2.58. The molecule has 0 N–H and O–H groups in total. The molecule has 0 heterocycles. The Kier molecular flexibility index (Phi) is 5.66. The molecule has 3 aliphatic carbocycles. The number of allylic oxidation sites excluding steroid dienone is 2. The Labute approximate surface area is 200 Å². The van der Waals surface area contributed by atoms with Crippen LogP contribution in [0.3, 0.4) is 0 Å². The third-order valence-corrected chi connectivity index (χ3v) is 8.58. The van der Waals surface area contributed by atoms with E-state index in [0.717, 1.165) is 35.5 Å². The molecule has 6 unspecified atom stereocenters. The van der Waals surface area contributed by atoms with Gasteiger partial charge in [0.2, 0.25) is 0 Å². The molecule has 2 aromatic carbocycles. The molecule has 3 fully saturated rings. The third kappa shape index (κ3) is 3.40. The van der Waals surface area contributed by atoms with Gasteiger partial charge in [0.05, 0.1) is 0 Å². The van der Waals surface area contributed by atoms with Gasteiger partial charge >= 0.3 is 0 Å². The van der Waals surface area contributed by atoms with Crippen LogP contribution in [-0.2, 0) is 4.79 Å². The fraction of sp³-hybridized carbons (Fsp3) is 0.370. The zero-order valence-electron chi connectivity index (χ0n) is 17.6. The lowest BCUT2D eigenvalue weighted by molar-refractivity contribution is -0.120. The lowest BCUT2D eigenvalue weighted by Gasteiger charge is -2.49. The number of hydrogen-bond donors (Lipinski definition) is 2. The molecule has 5 rings (SSSR count). The Balaban J connectivity index is 1.64.